The highest BCUT2D eigenvalue weighted by molar-refractivity contribution is 5.72. The standard InChI is InChI=1S/C25H29N3O4/c1-20(11-9-16-23(29)31-21-12-5-3-6-13-21)27-28-25(2,19-26)18-10-17-24(30)32-22-14-7-4-8-15-22/h3-8,12-15,20H,9-11,16-18H2,1-2H3/b28-27+. The summed E-state index contributed by atoms with van der Waals surface area (Å²) in [4.78, 5) is 23.8. The minimum Gasteiger partial charge on any atom is -0.427 e. The molecule has 7 nitrogen and oxygen atoms in total. The van der Waals surface area contributed by atoms with Gasteiger partial charge in [0, 0.05) is 12.8 Å². The van der Waals surface area contributed by atoms with E-state index in [2.05, 4.69) is 16.3 Å². The highest BCUT2D eigenvalue weighted by Gasteiger charge is 2.24. The zero-order valence-corrected chi connectivity index (χ0v) is 18.6. The molecule has 0 amide bonds. The molecule has 0 aliphatic heterocycles. The predicted octanol–water partition coefficient (Wildman–Crippen LogP) is 5.66. The number of carbonyl (C=O) groups is 2. The van der Waals surface area contributed by atoms with Gasteiger partial charge in [-0.05, 0) is 63.8 Å². The van der Waals surface area contributed by atoms with Crippen LogP contribution in [0, 0.1) is 11.3 Å². The van der Waals surface area contributed by atoms with E-state index in [4.69, 9.17) is 9.47 Å². The summed E-state index contributed by atoms with van der Waals surface area (Å²) in [7, 11) is 0. The van der Waals surface area contributed by atoms with Crippen molar-refractivity contribution in [2.75, 3.05) is 0 Å². The monoisotopic (exact) mass is 435 g/mol. The van der Waals surface area contributed by atoms with Gasteiger partial charge in [-0.1, -0.05) is 36.4 Å². The van der Waals surface area contributed by atoms with E-state index >= 15 is 0 Å². The number of carbonyl (C=O) groups excluding carboxylic acids is 2. The third kappa shape index (κ3) is 9.52. The number of nitrogens with zero attached hydrogens (tertiary/aromatic N) is 3. The molecule has 0 aliphatic carbocycles. The average Bonchev–Trinajstić information content (AvgIpc) is 2.79. The number of rotatable bonds is 12. The lowest BCUT2D eigenvalue weighted by molar-refractivity contribution is -0.135. The molecule has 2 aromatic rings. The van der Waals surface area contributed by atoms with E-state index in [9.17, 15) is 14.9 Å². The normalized spacial score (nSPS) is 13.7. The zero-order valence-electron chi connectivity index (χ0n) is 18.6. The van der Waals surface area contributed by atoms with Gasteiger partial charge in [0.05, 0.1) is 12.1 Å². The van der Waals surface area contributed by atoms with Crippen LogP contribution in [0.2, 0.25) is 0 Å². The van der Waals surface area contributed by atoms with Crippen molar-refractivity contribution in [2.45, 2.75) is 64.0 Å². The lowest BCUT2D eigenvalue weighted by Gasteiger charge is -2.15. The first-order valence-corrected chi connectivity index (χ1v) is 10.7. The second-order valence-electron chi connectivity index (χ2n) is 7.77. The van der Waals surface area contributed by atoms with Crippen LogP contribution in [0.1, 0.15) is 52.4 Å². The average molecular weight is 436 g/mol. The van der Waals surface area contributed by atoms with Crippen LogP contribution in [0.25, 0.3) is 0 Å². The first-order chi connectivity index (χ1) is 15.4. The van der Waals surface area contributed by atoms with Crippen molar-refractivity contribution in [1.82, 2.24) is 0 Å². The van der Waals surface area contributed by atoms with E-state index in [1.807, 2.05) is 31.2 Å². The van der Waals surface area contributed by atoms with E-state index in [0.717, 1.165) is 0 Å². The Morgan fingerprint density at radius 1 is 0.938 bits per heavy atom. The van der Waals surface area contributed by atoms with Crippen molar-refractivity contribution in [3.63, 3.8) is 0 Å². The molecule has 2 unspecified atom stereocenters. The maximum atomic E-state index is 11.9. The third-order valence-electron chi connectivity index (χ3n) is 4.71. The molecule has 0 spiro atoms. The van der Waals surface area contributed by atoms with E-state index < -0.39 is 5.54 Å². The maximum absolute atomic E-state index is 11.9. The first-order valence-electron chi connectivity index (χ1n) is 10.7. The number of ether oxygens (including phenoxy) is 2. The van der Waals surface area contributed by atoms with Gasteiger partial charge in [0.2, 0.25) is 0 Å². The van der Waals surface area contributed by atoms with E-state index in [-0.39, 0.29) is 30.8 Å². The summed E-state index contributed by atoms with van der Waals surface area (Å²) in [6.45, 7) is 3.59. The molecular formula is C25H29N3O4. The minimum atomic E-state index is -1.01. The lowest BCUT2D eigenvalue weighted by Crippen LogP contribution is -2.20. The van der Waals surface area contributed by atoms with Crippen molar-refractivity contribution in [3.8, 4) is 17.6 Å². The molecule has 0 radical (unpaired) electrons. The van der Waals surface area contributed by atoms with Gasteiger partial charge in [-0.2, -0.15) is 15.5 Å². The summed E-state index contributed by atoms with van der Waals surface area (Å²) < 4.78 is 10.5. The van der Waals surface area contributed by atoms with Gasteiger partial charge in [0.1, 0.15) is 11.5 Å². The molecule has 168 valence electrons. The van der Waals surface area contributed by atoms with Crippen LogP contribution in [0.3, 0.4) is 0 Å². The SMILES string of the molecule is CC(CCCC(=O)Oc1ccccc1)/N=N/C(C)(C#N)CCCC(=O)Oc1ccccc1. The van der Waals surface area contributed by atoms with E-state index in [0.29, 0.717) is 37.2 Å². The molecule has 2 aromatic carbocycles. The van der Waals surface area contributed by atoms with Gasteiger partial charge in [-0.3, -0.25) is 9.59 Å². The Balaban J connectivity index is 1.68. The predicted molar refractivity (Wildman–Crippen MR) is 120 cm³/mol. The van der Waals surface area contributed by atoms with Gasteiger partial charge in [0.25, 0.3) is 0 Å². The molecule has 2 atom stereocenters. The minimum absolute atomic E-state index is 0.129. The maximum Gasteiger partial charge on any atom is 0.311 e. The summed E-state index contributed by atoms with van der Waals surface area (Å²) in [5, 5.41) is 18.0. The topological polar surface area (TPSA) is 101 Å². The van der Waals surface area contributed by atoms with Crippen LogP contribution in [0.4, 0.5) is 0 Å². The van der Waals surface area contributed by atoms with Crippen LogP contribution < -0.4 is 9.47 Å². The Kier molecular flexibility index (Phi) is 10.1. The van der Waals surface area contributed by atoms with Crippen molar-refractivity contribution >= 4 is 11.9 Å². The summed E-state index contributed by atoms with van der Waals surface area (Å²) >= 11 is 0. The van der Waals surface area contributed by atoms with Gasteiger partial charge < -0.3 is 9.47 Å². The Hall–Kier alpha value is -3.53. The Bertz CT molecular complexity index is 925. The number of para-hydroxylation sites is 2. The molecule has 0 aliphatic rings. The first kappa shape index (κ1) is 24.7. The number of esters is 2. The summed E-state index contributed by atoms with van der Waals surface area (Å²) in [6, 6.07) is 19.9. The van der Waals surface area contributed by atoms with Crippen LogP contribution in [-0.4, -0.2) is 23.5 Å². The fourth-order valence-electron chi connectivity index (χ4n) is 2.87. The van der Waals surface area contributed by atoms with Crippen molar-refractivity contribution in [2.24, 2.45) is 10.2 Å². The highest BCUT2D eigenvalue weighted by Crippen LogP contribution is 2.21. The van der Waals surface area contributed by atoms with Gasteiger partial charge in [-0.25, -0.2) is 0 Å². The fraction of sp³-hybridized carbons (Fsp3) is 0.400. The van der Waals surface area contributed by atoms with Gasteiger partial charge >= 0.3 is 11.9 Å². The molecule has 2 rings (SSSR count). The van der Waals surface area contributed by atoms with Gasteiger partial charge in [-0.15, -0.1) is 0 Å². The van der Waals surface area contributed by atoms with E-state index in [1.54, 1.807) is 43.3 Å². The van der Waals surface area contributed by atoms with Crippen molar-refractivity contribution in [1.29, 1.82) is 5.26 Å². The number of hydrogen-bond donors (Lipinski definition) is 0. The van der Waals surface area contributed by atoms with E-state index in [1.165, 1.54) is 0 Å². The lowest BCUT2D eigenvalue weighted by atomic mass is 9.98. The van der Waals surface area contributed by atoms with Crippen molar-refractivity contribution < 1.29 is 19.1 Å². The molecule has 0 aromatic heterocycles. The molecule has 0 fully saturated rings. The molecule has 0 N–H and O–H groups in total. The molecule has 0 bridgehead atoms. The Morgan fingerprint density at radius 2 is 1.44 bits per heavy atom. The summed E-state index contributed by atoms with van der Waals surface area (Å²) in [6.07, 6.45) is 2.61. The molecule has 32 heavy (non-hydrogen) atoms. The van der Waals surface area contributed by atoms with Crippen LogP contribution in [0.15, 0.2) is 70.9 Å². The highest BCUT2D eigenvalue weighted by atomic mass is 16.5. The molecule has 0 heterocycles. The van der Waals surface area contributed by atoms with Crippen LogP contribution >= 0.6 is 0 Å². The molecule has 0 saturated carbocycles. The second kappa shape index (κ2) is 13.0. The third-order valence-corrected chi connectivity index (χ3v) is 4.71. The van der Waals surface area contributed by atoms with Gasteiger partial charge in [0.15, 0.2) is 5.54 Å². The molecule has 7 heteroatoms. The second-order valence-corrected chi connectivity index (χ2v) is 7.77. The molecule has 0 saturated heterocycles. The Morgan fingerprint density at radius 3 is 1.94 bits per heavy atom. The van der Waals surface area contributed by atoms with Crippen LogP contribution in [-0.2, 0) is 9.59 Å². The summed E-state index contributed by atoms with van der Waals surface area (Å²) in [5.74, 6) is 0.401. The number of hydrogen-bond acceptors (Lipinski definition) is 7. The van der Waals surface area contributed by atoms with Crippen LogP contribution in [0.5, 0.6) is 11.5 Å². The van der Waals surface area contributed by atoms with Crippen molar-refractivity contribution in [3.05, 3.63) is 60.7 Å². The zero-order chi connectivity index (χ0) is 23.2. The number of azo groups is 1. The largest absolute Gasteiger partial charge is 0.427 e. The quantitative estimate of drug-likeness (QED) is 0.243. The smallest absolute Gasteiger partial charge is 0.311 e. The number of benzene rings is 2. The fourth-order valence-corrected chi connectivity index (χ4v) is 2.87. The molecular weight excluding hydrogens is 406 g/mol. The number of nitriles is 1. The Labute approximate surface area is 189 Å². The summed E-state index contributed by atoms with van der Waals surface area (Å²) in [5.41, 5.74) is -1.01.